The molecule has 8 N–H and O–H groups in total. The zero-order valence-corrected chi connectivity index (χ0v) is 34.7. The van der Waals surface area contributed by atoms with Crippen molar-refractivity contribution >= 4 is 54.6 Å². The molecule has 6 aromatic rings. The van der Waals surface area contributed by atoms with Crippen molar-refractivity contribution in [3.63, 3.8) is 0 Å². The Kier molecular flexibility index (Phi) is 14.4. The van der Waals surface area contributed by atoms with Crippen LogP contribution < -0.4 is 22.5 Å². The molecule has 0 radical (unpaired) electrons. The molecule has 8 rings (SSSR count). The first-order valence-corrected chi connectivity index (χ1v) is 22.2. The molecule has 2 aliphatic rings. The second kappa shape index (κ2) is 19.8. The predicted octanol–water partition coefficient (Wildman–Crippen LogP) is 4.79. The van der Waals surface area contributed by atoms with Gasteiger partial charge in [-0.3, -0.25) is 4.79 Å². The number of rotatable bonds is 11. The highest BCUT2D eigenvalue weighted by Gasteiger charge is 2.28. The van der Waals surface area contributed by atoms with Crippen LogP contribution in [0.2, 0.25) is 0 Å². The van der Waals surface area contributed by atoms with Gasteiger partial charge in [0.1, 0.15) is 11.6 Å². The lowest BCUT2D eigenvalue weighted by molar-refractivity contribution is -0.0204. The summed E-state index contributed by atoms with van der Waals surface area (Å²) in [6.07, 6.45) is 2.74. The number of sulfone groups is 2. The Bertz CT molecular complexity index is 2800. The molecular formula is C42H40F2N8O9S2. The molecule has 2 fully saturated rings. The molecule has 328 valence electrons. The number of benzene rings is 4. The quantitative estimate of drug-likeness (QED) is 0.109. The van der Waals surface area contributed by atoms with Gasteiger partial charge in [-0.25, -0.2) is 50.3 Å². The third-order valence-corrected chi connectivity index (χ3v) is 13.1. The monoisotopic (exact) mass is 902 g/mol. The molecular weight excluding hydrogens is 863 g/mol. The molecule has 0 unspecified atom stereocenters. The summed E-state index contributed by atoms with van der Waals surface area (Å²) < 4.78 is 84.4. The molecule has 0 bridgehead atoms. The van der Waals surface area contributed by atoms with E-state index in [4.69, 9.17) is 31.8 Å². The number of anilines is 4. The number of carbonyl (C=O) groups is 2. The molecule has 4 heterocycles. The van der Waals surface area contributed by atoms with E-state index in [0.29, 0.717) is 65.2 Å². The number of nitrogens with zero attached hydrogens (tertiary/aromatic N) is 4. The summed E-state index contributed by atoms with van der Waals surface area (Å²) >= 11 is 0. The van der Waals surface area contributed by atoms with E-state index < -0.39 is 37.4 Å². The fraction of sp³-hybridized carbons (Fsp3) is 0.190. The Labute approximate surface area is 360 Å². The van der Waals surface area contributed by atoms with Crippen molar-refractivity contribution in [3.05, 3.63) is 132 Å². The van der Waals surface area contributed by atoms with Crippen molar-refractivity contribution in [1.82, 2.24) is 19.9 Å². The van der Waals surface area contributed by atoms with Gasteiger partial charge in [0, 0.05) is 34.3 Å². The molecule has 0 spiro atoms. The summed E-state index contributed by atoms with van der Waals surface area (Å²) in [5.41, 5.74) is 19.1. The lowest BCUT2D eigenvalue weighted by Crippen LogP contribution is -2.33. The summed E-state index contributed by atoms with van der Waals surface area (Å²) in [6.45, 7) is 2.00. The SMILES string of the molecule is Nc1ccc(S(=O)(=O)CC2COC2)cc1.Nc1ncc(-c2ccc(F)cc2)nc1C(=O)Nc1ccc(S(=O)(=O)CC2COC2)cc1.Nc1ncc(-c2ccc(F)cc2)nc1C(=O)O. The number of carboxylic acid groups (broad SMARTS) is 1. The zero-order chi connectivity index (χ0) is 45.3. The Balaban J connectivity index is 0.000000174. The van der Waals surface area contributed by atoms with Gasteiger partial charge in [0.15, 0.2) is 42.7 Å². The number of halogens is 2. The molecule has 4 aromatic carbocycles. The van der Waals surface area contributed by atoms with Crippen LogP contribution in [0.3, 0.4) is 0 Å². The van der Waals surface area contributed by atoms with Gasteiger partial charge in [-0.15, -0.1) is 0 Å². The Hall–Kier alpha value is -6.94. The van der Waals surface area contributed by atoms with E-state index >= 15 is 0 Å². The third-order valence-electron chi connectivity index (χ3n) is 9.33. The van der Waals surface area contributed by atoms with Crippen LogP contribution in [0, 0.1) is 23.5 Å². The maximum atomic E-state index is 13.1. The molecule has 2 aliphatic heterocycles. The fourth-order valence-electron chi connectivity index (χ4n) is 5.83. The molecule has 63 heavy (non-hydrogen) atoms. The summed E-state index contributed by atoms with van der Waals surface area (Å²) in [4.78, 5) is 39.8. The van der Waals surface area contributed by atoms with Gasteiger partial charge in [0.05, 0.1) is 71.5 Å². The number of carbonyl (C=O) groups excluding carboxylic acids is 1. The van der Waals surface area contributed by atoms with E-state index in [0.717, 1.165) is 0 Å². The Morgan fingerprint density at radius 1 is 0.619 bits per heavy atom. The van der Waals surface area contributed by atoms with E-state index in [9.17, 15) is 35.2 Å². The van der Waals surface area contributed by atoms with Crippen LogP contribution in [0.1, 0.15) is 21.0 Å². The minimum absolute atomic E-state index is 0.0133. The molecule has 0 atom stereocenters. The Morgan fingerprint density at radius 3 is 1.41 bits per heavy atom. The first-order valence-electron chi connectivity index (χ1n) is 18.9. The maximum Gasteiger partial charge on any atom is 0.358 e. The predicted molar refractivity (Wildman–Crippen MR) is 229 cm³/mol. The van der Waals surface area contributed by atoms with Crippen molar-refractivity contribution in [3.8, 4) is 22.5 Å². The number of hydrogen-bond acceptors (Lipinski definition) is 15. The van der Waals surface area contributed by atoms with Crippen LogP contribution in [-0.4, -0.2) is 91.7 Å². The second-order valence-corrected chi connectivity index (χ2v) is 18.3. The first-order chi connectivity index (χ1) is 30.0. The topological polar surface area (TPSA) is 283 Å². The van der Waals surface area contributed by atoms with Gasteiger partial charge in [-0.1, -0.05) is 0 Å². The standard InChI is InChI=1S/C21H19FN4O4S.C11H8FN3O2.C10H13NO3S/c22-15-3-1-14(2-4-15)18-9-24-20(23)19(26-18)21(27)25-16-5-7-17(8-6-16)31(28,29)12-13-10-30-11-13;12-7-3-1-6(2-4-7)8-5-14-10(13)9(15-8)11(16)17;11-9-1-3-10(4-2-9)15(12,13)7-8-5-14-6-8/h1-9,13H,10-12H2,(H2,23,24)(H,25,27);1-5H,(H2,13,14)(H,16,17);1-4,8H,5-7,11H2. The molecule has 21 heteroatoms. The van der Waals surface area contributed by atoms with E-state index in [-0.39, 0.29) is 57.1 Å². The number of aromatic nitrogens is 4. The number of hydrogen-bond donors (Lipinski definition) is 5. The number of amides is 1. The van der Waals surface area contributed by atoms with Gasteiger partial charge in [-0.05, 0) is 97.1 Å². The maximum absolute atomic E-state index is 13.1. The summed E-state index contributed by atoms with van der Waals surface area (Å²) in [6, 6.07) is 23.3. The molecule has 2 saturated heterocycles. The van der Waals surface area contributed by atoms with Gasteiger partial charge < -0.3 is 37.1 Å². The summed E-state index contributed by atoms with van der Waals surface area (Å²) in [5, 5.41) is 11.5. The normalized spacial score (nSPS) is 13.8. The molecule has 0 saturated carbocycles. The zero-order valence-electron chi connectivity index (χ0n) is 33.1. The van der Waals surface area contributed by atoms with Gasteiger partial charge in [-0.2, -0.15) is 0 Å². The van der Waals surface area contributed by atoms with Crippen molar-refractivity contribution in [2.75, 3.05) is 60.5 Å². The molecule has 2 aromatic heterocycles. The lowest BCUT2D eigenvalue weighted by Gasteiger charge is -2.25. The first kappa shape index (κ1) is 45.6. The average molecular weight is 903 g/mol. The van der Waals surface area contributed by atoms with Crippen LogP contribution in [0.5, 0.6) is 0 Å². The van der Waals surface area contributed by atoms with Gasteiger partial charge >= 0.3 is 5.97 Å². The highest BCUT2D eigenvalue weighted by molar-refractivity contribution is 7.91. The van der Waals surface area contributed by atoms with Crippen molar-refractivity contribution in [1.29, 1.82) is 0 Å². The number of aromatic carboxylic acids is 1. The van der Waals surface area contributed by atoms with Crippen LogP contribution in [0.4, 0.5) is 31.8 Å². The number of ether oxygens (including phenoxy) is 2. The van der Waals surface area contributed by atoms with Crippen LogP contribution >= 0.6 is 0 Å². The number of nitrogen functional groups attached to an aromatic ring is 3. The molecule has 1 amide bonds. The minimum atomic E-state index is -3.43. The lowest BCUT2D eigenvalue weighted by atomic mass is 10.1. The minimum Gasteiger partial charge on any atom is -0.476 e. The number of carboxylic acids is 1. The summed E-state index contributed by atoms with van der Waals surface area (Å²) in [5.74, 6) is -2.49. The van der Waals surface area contributed by atoms with E-state index in [1.807, 2.05) is 0 Å². The van der Waals surface area contributed by atoms with Crippen LogP contribution in [-0.2, 0) is 29.1 Å². The van der Waals surface area contributed by atoms with E-state index in [1.54, 1.807) is 24.3 Å². The number of nitrogens with one attached hydrogen (secondary N) is 1. The van der Waals surface area contributed by atoms with Gasteiger partial charge in [0.2, 0.25) is 0 Å². The highest BCUT2D eigenvalue weighted by atomic mass is 32.2. The van der Waals surface area contributed by atoms with Crippen molar-refractivity contribution < 1.29 is 49.8 Å². The second-order valence-electron chi connectivity index (χ2n) is 14.2. The largest absolute Gasteiger partial charge is 0.476 e. The number of nitrogens with two attached hydrogens (primary N) is 3. The fourth-order valence-corrected chi connectivity index (χ4v) is 8.94. The van der Waals surface area contributed by atoms with Crippen LogP contribution in [0.25, 0.3) is 22.5 Å². The van der Waals surface area contributed by atoms with Crippen molar-refractivity contribution in [2.45, 2.75) is 9.79 Å². The van der Waals surface area contributed by atoms with E-state index in [2.05, 4.69) is 25.3 Å². The highest BCUT2D eigenvalue weighted by Crippen LogP contribution is 2.24. The summed E-state index contributed by atoms with van der Waals surface area (Å²) in [7, 11) is -6.60. The molecule has 17 nitrogen and oxygen atoms in total. The third kappa shape index (κ3) is 12.1. The average Bonchev–Trinajstić information content (AvgIpc) is 3.22. The Morgan fingerprint density at radius 2 is 1.02 bits per heavy atom. The van der Waals surface area contributed by atoms with Gasteiger partial charge in [0.25, 0.3) is 5.91 Å². The van der Waals surface area contributed by atoms with Crippen molar-refractivity contribution in [2.24, 2.45) is 11.8 Å². The molecule has 0 aliphatic carbocycles. The van der Waals surface area contributed by atoms with E-state index in [1.165, 1.54) is 85.2 Å². The smallest absolute Gasteiger partial charge is 0.358 e. The van der Waals surface area contributed by atoms with Crippen LogP contribution in [0.15, 0.2) is 119 Å².